The monoisotopic (exact) mass is 314 g/mol. The summed E-state index contributed by atoms with van der Waals surface area (Å²) in [5.74, 6) is -0.603. The Morgan fingerprint density at radius 3 is 2.50 bits per heavy atom. The van der Waals surface area contributed by atoms with Gasteiger partial charge in [0.2, 0.25) is 0 Å². The molecule has 3 N–H and O–H groups in total. The Kier molecular flexibility index (Phi) is 3.87. The lowest BCUT2D eigenvalue weighted by atomic mass is 10.2. The van der Waals surface area contributed by atoms with Crippen LogP contribution in [0, 0.1) is 12.7 Å². The molecule has 0 saturated carbocycles. The van der Waals surface area contributed by atoms with Gasteiger partial charge in [0.05, 0.1) is 10.7 Å². The quantitative estimate of drug-likeness (QED) is 0.855. The molecule has 20 heavy (non-hydrogen) atoms. The van der Waals surface area contributed by atoms with E-state index in [0.29, 0.717) is 11.4 Å². The zero-order chi connectivity index (χ0) is 14.9. The molecule has 2 aromatic rings. The molecule has 0 aliphatic heterocycles. The van der Waals surface area contributed by atoms with E-state index in [4.69, 9.17) is 17.3 Å². The summed E-state index contributed by atoms with van der Waals surface area (Å²) in [4.78, 5) is -0.195. The molecule has 0 atom stereocenters. The lowest BCUT2D eigenvalue weighted by Gasteiger charge is -2.10. The molecule has 4 nitrogen and oxygen atoms in total. The Hall–Kier alpha value is -1.79. The van der Waals surface area contributed by atoms with Crippen LogP contribution >= 0.6 is 11.6 Å². The van der Waals surface area contributed by atoms with E-state index in [9.17, 15) is 12.8 Å². The minimum atomic E-state index is -3.89. The minimum absolute atomic E-state index is 0.183. The first-order chi connectivity index (χ1) is 9.29. The van der Waals surface area contributed by atoms with Gasteiger partial charge in [-0.1, -0.05) is 17.7 Å². The van der Waals surface area contributed by atoms with Gasteiger partial charge >= 0.3 is 0 Å². The van der Waals surface area contributed by atoms with Crippen molar-refractivity contribution in [3.8, 4) is 0 Å². The number of nitrogens with two attached hydrogens (primary N) is 1. The molecule has 0 amide bonds. The van der Waals surface area contributed by atoms with Crippen molar-refractivity contribution in [1.82, 2.24) is 0 Å². The van der Waals surface area contributed by atoms with E-state index >= 15 is 0 Å². The number of nitrogen functional groups attached to an aromatic ring is 1. The van der Waals surface area contributed by atoms with Crippen molar-refractivity contribution in [2.75, 3.05) is 10.5 Å². The summed E-state index contributed by atoms with van der Waals surface area (Å²) in [5, 5.41) is -0.183. The van der Waals surface area contributed by atoms with Crippen LogP contribution in [0.1, 0.15) is 5.56 Å². The number of benzene rings is 2. The van der Waals surface area contributed by atoms with Gasteiger partial charge < -0.3 is 5.73 Å². The summed E-state index contributed by atoms with van der Waals surface area (Å²) in [6.07, 6.45) is 0. The molecule has 0 aliphatic carbocycles. The van der Waals surface area contributed by atoms with Crippen molar-refractivity contribution in [1.29, 1.82) is 0 Å². The third kappa shape index (κ3) is 3.02. The van der Waals surface area contributed by atoms with Gasteiger partial charge in [0.1, 0.15) is 10.7 Å². The van der Waals surface area contributed by atoms with Gasteiger partial charge in [-0.25, -0.2) is 12.8 Å². The maximum Gasteiger partial charge on any atom is 0.263 e. The summed E-state index contributed by atoms with van der Waals surface area (Å²) in [7, 11) is -3.89. The second-order valence-electron chi connectivity index (χ2n) is 4.25. The Balaban J connectivity index is 2.38. The van der Waals surface area contributed by atoms with Gasteiger partial charge in [-0.05, 0) is 42.8 Å². The van der Waals surface area contributed by atoms with Crippen molar-refractivity contribution in [2.45, 2.75) is 11.8 Å². The highest BCUT2D eigenvalue weighted by Crippen LogP contribution is 2.25. The van der Waals surface area contributed by atoms with E-state index < -0.39 is 15.8 Å². The summed E-state index contributed by atoms with van der Waals surface area (Å²) < 4.78 is 39.6. The summed E-state index contributed by atoms with van der Waals surface area (Å²) >= 11 is 5.75. The van der Waals surface area contributed by atoms with E-state index in [1.54, 1.807) is 12.1 Å². The zero-order valence-electron chi connectivity index (χ0n) is 10.5. The molecule has 0 unspecified atom stereocenters. The number of halogens is 2. The van der Waals surface area contributed by atoms with Crippen molar-refractivity contribution < 1.29 is 12.8 Å². The fourth-order valence-electron chi connectivity index (χ4n) is 1.61. The lowest BCUT2D eigenvalue weighted by molar-refractivity contribution is 0.600. The molecular formula is C13H12ClFN2O2S. The predicted molar refractivity (Wildman–Crippen MR) is 77.8 cm³/mol. The van der Waals surface area contributed by atoms with Gasteiger partial charge in [0, 0.05) is 5.69 Å². The number of hydrogen-bond acceptors (Lipinski definition) is 3. The molecular weight excluding hydrogens is 303 g/mol. The molecule has 0 saturated heterocycles. The van der Waals surface area contributed by atoms with Gasteiger partial charge in [0.25, 0.3) is 10.0 Å². The fourth-order valence-corrected chi connectivity index (χ4v) is 3.19. The van der Waals surface area contributed by atoms with Crippen LogP contribution in [-0.4, -0.2) is 8.42 Å². The smallest absolute Gasteiger partial charge is 0.263 e. The lowest BCUT2D eigenvalue weighted by Crippen LogP contribution is -2.13. The average molecular weight is 315 g/mol. The van der Waals surface area contributed by atoms with Gasteiger partial charge in [-0.3, -0.25) is 4.72 Å². The van der Waals surface area contributed by atoms with Crippen molar-refractivity contribution in [3.05, 3.63) is 52.8 Å². The summed E-state index contributed by atoms with van der Waals surface area (Å²) in [5.41, 5.74) is 7.34. The maximum atomic E-state index is 12.9. The average Bonchev–Trinajstić information content (AvgIpc) is 2.33. The predicted octanol–water partition coefficient (Wildman–Crippen LogP) is 3.17. The first kappa shape index (κ1) is 14.6. The van der Waals surface area contributed by atoms with E-state index in [1.165, 1.54) is 6.07 Å². The Bertz CT molecular complexity index is 763. The maximum absolute atomic E-state index is 12.9. The molecule has 7 heteroatoms. The zero-order valence-corrected chi connectivity index (χ0v) is 12.1. The van der Waals surface area contributed by atoms with Gasteiger partial charge in [0.15, 0.2) is 0 Å². The highest BCUT2D eigenvalue weighted by Gasteiger charge is 2.18. The van der Waals surface area contributed by atoms with Crippen molar-refractivity contribution in [3.63, 3.8) is 0 Å². The van der Waals surface area contributed by atoms with Crippen LogP contribution in [0.2, 0.25) is 5.02 Å². The summed E-state index contributed by atoms with van der Waals surface area (Å²) in [6.45, 7) is 1.81. The van der Waals surface area contributed by atoms with Crippen LogP contribution in [0.25, 0.3) is 0 Å². The normalized spacial score (nSPS) is 11.3. The number of sulfonamides is 1. The minimum Gasteiger partial charge on any atom is -0.398 e. The SMILES string of the molecule is Cc1ccc(NS(=O)(=O)c2ccc(F)cc2Cl)cc1N. The van der Waals surface area contributed by atoms with Gasteiger partial charge in [-0.2, -0.15) is 0 Å². The van der Waals surface area contributed by atoms with Crippen LogP contribution < -0.4 is 10.5 Å². The number of hydrogen-bond donors (Lipinski definition) is 2. The van der Waals surface area contributed by atoms with Crippen LogP contribution in [0.4, 0.5) is 15.8 Å². The van der Waals surface area contributed by atoms with E-state index in [1.807, 2.05) is 6.92 Å². The Morgan fingerprint density at radius 1 is 1.20 bits per heavy atom. The molecule has 0 heterocycles. The second-order valence-corrected chi connectivity index (χ2v) is 6.31. The van der Waals surface area contributed by atoms with Crippen LogP contribution in [0.5, 0.6) is 0 Å². The third-order valence-electron chi connectivity index (χ3n) is 2.71. The van der Waals surface area contributed by atoms with Crippen molar-refractivity contribution >= 4 is 33.0 Å². The molecule has 0 aliphatic rings. The Labute approximate surface area is 121 Å². The van der Waals surface area contributed by atoms with Crippen LogP contribution in [0.3, 0.4) is 0 Å². The fraction of sp³-hybridized carbons (Fsp3) is 0.0769. The largest absolute Gasteiger partial charge is 0.398 e. The van der Waals surface area contributed by atoms with E-state index in [0.717, 1.165) is 23.8 Å². The van der Waals surface area contributed by atoms with E-state index in [2.05, 4.69) is 4.72 Å². The van der Waals surface area contributed by atoms with Crippen LogP contribution in [0.15, 0.2) is 41.3 Å². The highest BCUT2D eigenvalue weighted by atomic mass is 35.5. The number of anilines is 2. The van der Waals surface area contributed by atoms with Gasteiger partial charge in [-0.15, -0.1) is 0 Å². The molecule has 0 fully saturated rings. The number of nitrogens with one attached hydrogen (secondary N) is 1. The number of rotatable bonds is 3. The number of aryl methyl sites for hydroxylation is 1. The molecule has 2 rings (SSSR count). The molecule has 0 radical (unpaired) electrons. The molecule has 0 aromatic heterocycles. The topological polar surface area (TPSA) is 72.2 Å². The first-order valence-corrected chi connectivity index (χ1v) is 7.50. The highest BCUT2D eigenvalue weighted by molar-refractivity contribution is 7.92. The summed E-state index contributed by atoms with van der Waals surface area (Å²) in [6, 6.07) is 7.87. The van der Waals surface area contributed by atoms with Crippen LogP contribution in [-0.2, 0) is 10.0 Å². The second kappa shape index (κ2) is 5.30. The molecule has 0 bridgehead atoms. The standard InChI is InChI=1S/C13H12ClFN2O2S/c1-8-2-4-10(7-12(8)16)17-20(18,19)13-5-3-9(15)6-11(13)14/h2-7,17H,16H2,1H3. The molecule has 106 valence electrons. The van der Waals surface area contributed by atoms with E-state index in [-0.39, 0.29) is 9.92 Å². The molecule has 2 aromatic carbocycles. The molecule has 0 spiro atoms. The third-order valence-corrected chi connectivity index (χ3v) is 4.58. The first-order valence-electron chi connectivity index (χ1n) is 5.63. The van der Waals surface area contributed by atoms with Crippen molar-refractivity contribution in [2.24, 2.45) is 0 Å². The Morgan fingerprint density at radius 2 is 1.90 bits per heavy atom.